The van der Waals surface area contributed by atoms with Gasteiger partial charge >= 0.3 is 0 Å². The van der Waals surface area contributed by atoms with E-state index in [1.807, 2.05) is 0 Å². The predicted octanol–water partition coefficient (Wildman–Crippen LogP) is 3.99. The van der Waals surface area contributed by atoms with E-state index in [1.165, 1.54) is 50.8 Å². The van der Waals surface area contributed by atoms with E-state index in [4.69, 9.17) is 0 Å². The molecule has 1 saturated carbocycles. The lowest BCUT2D eigenvalue weighted by atomic mass is 9.99. The molecule has 0 spiro atoms. The van der Waals surface area contributed by atoms with Crippen LogP contribution in [0.4, 0.5) is 0 Å². The molecule has 2 nitrogen and oxygen atoms in total. The van der Waals surface area contributed by atoms with E-state index in [0.29, 0.717) is 12.1 Å². The van der Waals surface area contributed by atoms with Crippen LogP contribution in [0.15, 0.2) is 30.3 Å². The maximum atomic E-state index is 3.89. The lowest BCUT2D eigenvalue weighted by Gasteiger charge is -2.27. The summed E-state index contributed by atoms with van der Waals surface area (Å²) in [6.45, 7) is 7.25. The number of rotatable bonds is 5. The number of nitrogens with one attached hydrogen (secondary N) is 1. The van der Waals surface area contributed by atoms with Gasteiger partial charge in [0.15, 0.2) is 0 Å². The van der Waals surface area contributed by atoms with Crippen molar-refractivity contribution in [1.29, 1.82) is 0 Å². The largest absolute Gasteiger partial charge is 0.311 e. The minimum Gasteiger partial charge on any atom is -0.311 e. The molecule has 1 heterocycles. The second-order valence-electron chi connectivity index (χ2n) is 7.07. The van der Waals surface area contributed by atoms with Gasteiger partial charge in [-0.15, -0.1) is 0 Å². The molecule has 1 unspecified atom stereocenters. The average Bonchev–Trinajstić information content (AvgIpc) is 3.18. The molecular formula is C19H30N2. The Morgan fingerprint density at radius 2 is 1.76 bits per heavy atom. The highest BCUT2D eigenvalue weighted by Gasteiger charge is 2.31. The van der Waals surface area contributed by atoms with Gasteiger partial charge in [0.05, 0.1) is 0 Å². The zero-order valence-electron chi connectivity index (χ0n) is 13.6. The Morgan fingerprint density at radius 3 is 2.48 bits per heavy atom. The Kier molecular flexibility index (Phi) is 4.97. The summed E-state index contributed by atoms with van der Waals surface area (Å²) in [5.74, 6) is 0.816. The lowest BCUT2D eigenvalue weighted by molar-refractivity contribution is 0.240. The van der Waals surface area contributed by atoms with Crippen LogP contribution < -0.4 is 5.32 Å². The Labute approximate surface area is 129 Å². The van der Waals surface area contributed by atoms with Crippen LogP contribution in [0.3, 0.4) is 0 Å². The summed E-state index contributed by atoms with van der Waals surface area (Å²) in [5, 5.41) is 3.89. The van der Waals surface area contributed by atoms with E-state index >= 15 is 0 Å². The first-order chi connectivity index (χ1) is 10.2. The van der Waals surface area contributed by atoms with Gasteiger partial charge in [0.25, 0.3) is 0 Å². The van der Waals surface area contributed by atoms with Crippen molar-refractivity contribution in [3.63, 3.8) is 0 Å². The Hall–Kier alpha value is -0.860. The smallest absolute Gasteiger partial charge is 0.0320 e. The molecule has 0 aromatic heterocycles. The van der Waals surface area contributed by atoms with Gasteiger partial charge in [0, 0.05) is 24.7 Å². The normalized spacial score (nSPS) is 27.0. The third-order valence-corrected chi connectivity index (χ3v) is 5.65. The SMILES string of the molecule is CC(NC1CCCC1)[C@@H]1CCN([C@@H](C)c2ccccc2)C1. The van der Waals surface area contributed by atoms with Crippen molar-refractivity contribution >= 4 is 0 Å². The predicted molar refractivity (Wildman–Crippen MR) is 89.4 cm³/mol. The van der Waals surface area contributed by atoms with Crippen molar-refractivity contribution < 1.29 is 0 Å². The molecule has 1 aromatic rings. The third-order valence-electron chi connectivity index (χ3n) is 5.65. The van der Waals surface area contributed by atoms with Gasteiger partial charge in [-0.25, -0.2) is 0 Å². The topological polar surface area (TPSA) is 15.3 Å². The first kappa shape index (κ1) is 15.1. The summed E-state index contributed by atoms with van der Waals surface area (Å²) >= 11 is 0. The summed E-state index contributed by atoms with van der Waals surface area (Å²) in [6, 6.07) is 13.0. The summed E-state index contributed by atoms with van der Waals surface area (Å²) < 4.78 is 0. The zero-order valence-corrected chi connectivity index (χ0v) is 13.6. The number of nitrogens with zero attached hydrogens (tertiary/aromatic N) is 1. The molecule has 1 aromatic carbocycles. The number of hydrogen-bond donors (Lipinski definition) is 1. The summed E-state index contributed by atoms with van der Waals surface area (Å²) in [5.41, 5.74) is 1.45. The quantitative estimate of drug-likeness (QED) is 0.880. The third kappa shape index (κ3) is 3.67. The van der Waals surface area contributed by atoms with Gasteiger partial charge in [-0.05, 0) is 51.1 Å². The van der Waals surface area contributed by atoms with Crippen molar-refractivity contribution in [2.45, 2.75) is 64.1 Å². The maximum Gasteiger partial charge on any atom is 0.0320 e. The maximum absolute atomic E-state index is 3.89. The van der Waals surface area contributed by atoms with Crippen molar-refractivity contribution in [2.24, 2.45) is 5.92 Å². The molecule has 2 fully saturated rings. The van der Waals surface area contributed by atoms with Crippen LogP contribution in [-0.4, -0.2) is 30.1 Å². The van der Waals surface area contributed by atoms with Crippen LogP contribution in [0.25, 0.3) is 0 Å². The van der Waals surface area contributed by atoms with Crippen LogP contribution in [0.5, 0.6) is 0 Å². The average molecular weight is 286 g/mol. The van der Waals surface area contributed by atoms with E-state index in [0.717, 1.165) is 12.0 Å². The molecular weight excluding hydrogens is 256 g/mol. The highest BCUT2D eigenvalue weighted by atomic mass is 15.2. The first-order valence-electron chi connectivity index (χ1n) is 8.79. The highest BCUT2D eigenvalue weighted by Crippen LogP contribution is 2.29. The molecule has 21 heavy (non-hydrogen) atoms. The van der Waals surface area contributed by atoms with Crippen LogP contribution in [0.1, 0.15) is 57.6 Å². The zero-order chi connectivity index (χ0) is 14.7. The van der Waals surface area contributed by atoms with Gasteiger partial charge in [0.1, 0.15) is 0 Å². The van der Waals surface area contributed by atoms with Crippen molar-refractivity contribution in [3.05, 3.63) is 35.9 Å². The molecule has 1 aliphatic heterocycles. The van der Waals surface area contributed by atoms with Crippen LogP contribution in [-0.2, 0) is 0 Å². The highest BCUT2D eigenvalue weighted by molar-refractivity contribution is 5.18. The van der Waals surface area contributed by atoms with E-state index in [-0.39, 0.29) is 0 Å². The van der Waals surface area contributed by atoms with E-state index < -0.39 is 0 Å². The number of hydrogen-bond acceptors (Lipinski definition) is 2. The number of likely N-dealkylation sites (tertiary alicyclic amines) is 1. The van der Waals surface area contributed by atoms with E-state index in [9.17, 15) is 0 Å². The lowest BCUT2D eigenvalue weighted by Crippen LogP contribution is -2.40. The van der Waals surface area contributed by atoms with E-state index in [1.54, 1.807) is 0 Å². The standard InChI is InChI=1S/C19H30N2/c1-15(20-19-10-6-7-11-19)18-12-13-21(14-18)16(2)17-8-4-3-5-9-17/h3-5,8-9,15-16,18-20H,6-7,10-14H2,1-2H3/t15?,16-,18+/m0/s1. The minimum atomic E-state index is 0.551. The number of benzene rings is 1. The molecule has 2 heteroatoms. The second kappa shape index (κ2) is 6.93. The Morgan fingerprint density at radius 1 is 1.05 bits per heavy atom. The molecule has 2 aliphatic rings. The van der Waals surface area contributed by atoms with Gasteiger partial charge < -0.3 is 5.32 Å². The first-order valence-corrected chi connectivity index (χ1v) is 8.79. The molecule has 116 valence electrons. The molecule has 0 amide bonds. The molecule has 1 N–H and O–H groups in total. The molecule has 0 radical (unpaired) electrons. The van der Waals surface area contributed by atoms with Gasteiger partial charge in [-0.1, -0.05) is 43.2 Å². The van der Waals surface area contributed by atoms with Crippen LogP contribution >= 0.6 is 0 Å². The van der Waals surface area contributed by atoms with Crippen LogP contribution in [0.2, 0.25) is 0 Å². The van der Waals surface area contributed by atoms with Gasteiger partial charge in [0.2, 0.25) is 0 Å². The molecule has 1 aliphatic carbocycles. The van der Waals surface area contributed by atoms with Gasteiger partial charge in [-0.2, -0.15) is 0 Å². The Balaban J connectivity index is 1.52. The van der Waals surface area contributed by atoms with Crippen LogP contribution in [0, 0.1) is 5.92 Å². The fourth-order valence-electron chi connectivity index (χ4n) is 4.12. The molecule has 1 saturated heterocycles. The minimum absolute atomic E-state index is 0.551. The summed E-state index contributed by atoms with van der Waals surface area (Å²) in [6.07, 6.45) is 6.97. The molecule has 3 rings (SSSR count). The van der Waals surface area contributed by atoms with E-state index in [2.05, 4.69) is 54.4 Å². The summed E-state index contributed by atoms with van der Waals surface area (Å²) in [4.78, 5) is 2.66. The molecule has 3 atom stereocenters. The Bertz CT molecular complexity index is 424. The van der Waals surface area contributed by atoms with Crippen molar-refractivity contribution in [2.75, 3.05) is 13.1 Å². The monoisotopic (exact) mass is 286 g/mol. The van der Waals surface area contributed by atoms with Gasteiger partial charge in [-0.3, -0.25) is 4.90 Å². The van der Waals surface area contributed by atoms with Crippen molar-refractivity contribution in [3.8, 4) is 0 Å². The second-order valence-corrected chi connectivity index (χ2v) is 7.07. The fraction of sp³-hybridized carbons (Fsp3) is 0.684. The van der Waals surface area contributed by atoms with Crippen molar-refractivity contribution in [1.82, 2.24) is 10.2 Å². The fourth-order valence-corrected chi connectivity index (χ4v) is 4.12. The summed E-state index contributed by atoms with van der Waals surface area (Å²) in [7, 11) is 0. The molecule has 0 bridgehead atoms.